The summed E-state index contributed by atoms with van der Waals surface area (Å²) in [6, 6.07) is 8.42. The lowest BCUT2D eigenvalue weighted by atomic mass is 10.1. The summed E-state index contributed by atoms with van der Waals surface area (Å²) in [6.07, 6.45) is 1.48. The fourth-order valence-corrected chi connectivity index (χ4v) is 3.93. The minimum Gasteiger partial charge on any atom is -0.393 e. The number of hydrogen-bond acceptors (Lipinski definition) is 3. The lowest BCUT2D eigenvalue weighted by Gasteiger charge is -2.33. The van der Waals surface area contributed by atoms with Gasteiger partial charge in [-0.2, -0.15) is 0 Å². The molecule has 1 aromatic carbocycles. The van der Waals surface area contributed by atoms with Gasteiger partial charge in [-0.25, -0.2) is 0 Å². The molecule has 1 heterocycles. The highest BCUT2D eigenvalue weighted by atomic mass is 79.9. The lowest BCUT2D eigenvalue weighted by Crippen LogP contribution is -2.47. The Balaban J connectivity index is 1.99. The molecule has 24 heavy (non-hydrogen) atoms. The first kappa shape index (κ1) is 19.6. The molecule has 2 rings (SSSR count). The van der Waals surface area contributed by atoms with Crippen molar-refractivity contribution >= 4 is 33.7 Å². The number of rotatable bonds is 5. The molecule has 1 saturated heterocycles. The van der Waals surface area contributed by atoms with Gasteiger partial charge in [0.2, 0.25) is 0 Å². The Morgan fingerprint density at radius 1 is 1.33 bits per heavy atom. The van der Waals surface area contributed by atoms with Crippen molar-refractivity contribution in [2.24, 2.45) is 4.99 Å². The van der Waals surface area contributed by atoms with Gasteiger partial charge >= 0.3 is 0 Å². The monoisotopic (exact) mass is 413 g/mol. The Bertz CT molecular complexity index is 540. The second kappa shape index (κ2) is 9.11. The number of nitrogens with zero attached hydrogens (tertiary/aromatic N) is 2. The van der Waals surface area contributed by atoms with Gasteiger partial charge in [-0.3, -0.25) is 4.99 Å². The van der Waals surface area contributed by atoms with Crippen LogP contribution in [-0.4, -0.2) is 53.0 Å². The average molecular weight is 414 g/mol. The van der Waals surface area contributed by atoms with E-state index >= 15 is 0 Å². The van der Waals surface area contributed by atoms with E-state index in [2.05, 4.69) is 71.2 Å². The zero-order valence-electron chi connectivity index (χ0n) is 14.8. The van der Waals surface area contributed by atoms with Crippen LogP contribution in [0.25, 0.3) is 0 Å². The first-order chi connectivity index (χ1) is 11.4. The SMILES string of the molecule is CCNC(=NCC(C)(C)Sc1ccc(Br)cc1)N1CCC(O)CC1. The van der Waals surface area contributed by atoms with E-state index in [1.54, 1.807) is 0 Å². The number of nitrogens with one attached hydrogen (secondary N) is 1. The van der Waals surface area contributed by atoms with Crippen molar-refractivity contribution in [3.8, 4) is 0 Å². The summed E-state index contributed by atoms with van der Waals surface area (Å²) in [4.78, 5) is 8.38. The molecule has 0 unspecified atom stereocenters. The van der Waals surface area contributed by atoms with E-state index in [4.69, 9.17) is 4.99 Å². The number of aliphatic hydroxyl groups excluding tert-OH is 1. The number of thioether (sulfide) groups is 1. The molecule has 1 aromatic rings. The van der Waals surface area contributed by atoms with Crippen molar-refractivity contribution in [2.45, 2.75) is 49.4 Å². The number of hydrogen-bond donors (Lipinski definition) is 2. The Morgan fingerprint density at radius 2 is 1.96 bits per heavy atom. The van der Waals surface area contributed by atoms with Gasteiger partial charge in [-0.05, 0) is 57.9 Å². The van der Waals surface area contributed by atoms with Crippen LogP contribution in [0, 0.1) is 0 Å². The van der Waals surface area contributed by atoms with E-state index in [1.165, 1.54) is 4.90 Å². The molecule has 0 amide bonds. The van der Waals surface area contributed by atoms with Crippen LogP contribution >= 0.6 is 27.7 Å². The second-order valence-corrected chi connectivity index (χ2v) is 9.40. The van der Waals surface area contributed by atoms with Crippen molar-refractivity contribution in [1.29, 1.82) is 0 Å². The van der Waals surface area contributed by atoms with Crippen molar-refractivity contribution in [1.82, 2.24) is 10.2 Å². The molecular weight excluding hydrogens is 386 g/mol. The van der Waals surface area contributed by atoms with E-state index in [1.807, 2.05) is 11.8 Å². The summed E-state index contributed by atoms with van der Waals surface area (Å²) < 4.78 is 1.12. The topological polar surface area (TPSA) is 47.9 Å². The van der Waals surface area contributed by atoms with Crippen molar-refractivity contribution in [3.05, 3.63) is 28.7 Å². The molecule has 134 valence electrons. The normalized spacial score (nSPS) is 17.2. The standard InChI is InChI=1S/C18H28BrN3OS/c1-4-20-17(22-11-9-15(23)10-12-22)21-13-18(2,3)24-16-7-5-14(19)6-8-16/h5-8,15,23H,4,9-13H2,1-3H3,(H,20,21). The molecule has 6 heteroatoms. The second-order valence-electron chi connectivity index (χ2n) is 6.70. The summed E-state index contributed by atoms with van der Waals surface area (Å²) in [5, 5.41) is 13.1. The molecule has 0 spiro atoms. The largest absolute Gasteiger partial charge is 0.393 e. The molecule has 0 saturated carbocycles. The predicted octanol–water partition coefficient (Wildman–Crippen LogP) is 3.74. The van der Waals surface area contributed by atoms with E-state index in [0.29, 0.717) is 0 Å². The van der Waals surface area contributed by atoms with Crippen molar-refractivity contribution in [3.63, 3.8) is 0 Å². The quantitative estimate of drug-likeness (QED) is 0.438. The van der Waals surface area contributed by atoms with Crippen LogP contribution < -0.4 is 5.32 Å². The van der Waals surface area contributed by atoms with Gasteiger partial charge in [0.1, 0.15) is 0 Å². The van der Waals surface area contributed by atoms with Gasteiger partial charge in [0.05, 0.1) is 12.6 Å². The Labute approximate surface area is 158 Å². The van der Waals surface area contributed by atoms with Gasteiger partial charge in [-0.1, -0.05) is 15.9 Å². The van der Waals surface area contributed by atoms with Crippen LogP contribution in [-0.2, 0) is 0 Å². The lowest BCUT2D eigenvalue weighted by molar-refractivity contribution is 0.108. The molecule has 0 aromatic heterocycles. The molecule has 1 aliphatic heterocycles. The molecular formula is C18H28BrN3OS. The summed E-state index contributed by atoms with van der Waals surface area (Å²) >= 11 is 5.33. The molecule has 1 fully saturated rings. The molecule has 4 nitrogen and oxygen atoms in total. The Morgan fingerprint density at radius 3 is 2.54 bits per heavy atom. The average Bonchev–Trinajstić information content (AvgIpc) is 2.54. The number of guanidine groups is 1. The maximum Gasteiger partial charge on any atom is 0.193 e. The number of benzene rings is 1. The zero-order chi connectivity index (χ0) is 17.6. The number of halogens is 1. The van der Waals surface area contributed by atoms with Gasteiger partial charge < -0.3 is 15.3 Å². The number of aliphatic hydroxyl groups is 1. The van der Waals surface area contributed by atoms with Crippen LogP contribution in [0.15, 0.2) is 38.6 Å². The van der Waals surface area contributed by atoms with Gasteiger partial charge in [0.25, 0.3) is 0 Å². The third-order valence-corrected chi connectivity index (χ3v) is 5.63. The fourth-order valence-electron chi connectivity index (χ4n) is 2.62. The highest BCUT2D eigenvalue weighted by Crippen LogP contribution is 2.33. The molecule has 2 N–H and O–H groups in total. The highest BCUT2D eigenvalue weighted by molar-refractivity contribution is 9.10. The molecule has 0 bridgehead atoms. The first-order valence-corrected chi connectivity index (χ1v) is 10.2. The van der Waals surface area contributed by atoms with Crippen LogP contribution in [0.2, 0.25) is 0 Å². The molecule has 0 atom stereocenters. The Hall–Kier alpha value is -0.720. The zero-order valence-corrected chi connectivity index (χ0v) is 17.2. The van der Waals surface area contributed by atoms with Crippen LogP contribution in [0.1, 0.15) is 33.6 Å². The minimum atomic E-state index is -0.159. The van der Waals surface area contributed by atoms with Crippen LogP contribution in [0.5, 0.6) is 0 Å². The van der Waals surface area contributed by atoms with Crippen LogP contribution in [0.3, 0.4) is 0 Å². The van der Waals surface area contributed by atoms with Gasteiger partial charge in [-0.15, -0.1) is 11.8 Å². The van der Waals surface area contributed by atoms with E-state index < -0.39 is 0 Å². The first-order valence-electron chi connectivity index (χ1n) is 8.55. The van der Waals surface area contributed by atoms with E-state index in [-0.39, 0.29) is 10.9 Å². The number of piperidine rings is 1. The maximum absolute atomic E-state index is 9.69. The summed E-state index contributed by atoms with van der Waals surface area (Å²) in [7, 11) is 0. The number of likely N-dealkylation sites (tertiary alicyclic amines) is 1. The smallest absolute Gasteiger partial charge is 0.193 e. The fraction of sp³-hybridized carbons (Fsp3) is 0.611. The van der Waals surface area contributed by atoms with E-state index in [9.17, 15) is 5.11 Å². The molecule has 0 aliphatic carbocycles. The minimum absolute atomic E-state index is 0.0177. The van der Waals surface area contributed by atoms with Crippen molar-refractivity contribution < 1.29 is 5.11 Å². The third-order valence-electron chi connectivity index (χ3n) is 3.92. The summed E-state index contributed by atoms with van der Waals surface area (Å²) in [5.74, 6) is 0.967. The Kier molecular flexibility index (Phi) is 7.44. The highest BCUT2D eigenvalue weighted by Gasteiger charge is 2.23. The number of aliphatic imine (C=N–C) groups is 1. The summed E-state index contributed by atoms with van der Waals surface area (Å²) in [6.45, 7) is 9.89. The maximum atomic E-state index is 9.69. The predicted molar refractivity (Wildman–Crippen MR) is 107 cm³/mol. The van der Waals surface area contributed by atoms with Crippen LogP contribution in [0.4, 0.5) is 0 Å². The third kappa shape index (κ3) is 6.30. The molecule has 0 radical (unpaired) electrons. The molecule has 1 aliphatic rings. The van der Waals surface area contributed by atoms with E-state index in [0.717, 1.165) is 49.5 Å². The van der Waals surface area contributed by atoms with Crippen molar-refractivity contribution in [2.75, 3.05) is 26.2 Å². The van der Waals surface area contributed by atoms with Gasteiger partial charge in [0.15, 0.2) is 5.96 Å². The van der Waals surface area contributed by atoms with Gasteiger partial charge in [0, 0.05) is 33.7 Å². The summed E-state index contributed by atoms with van der Waals surface area (Å²) in [5.41, 5.74) is 0.